The maximum absolute atomic E-state index is 10.8. The van der Waals surface area contributed by atoms with Gasteiger partial charge in [-0.2, -0.15) is 0 Å². The molecule has 0 saturated heterocycles. The zero-order valence-corrected chi connectivity index (χ0v) is 24.5. The number of phenols is 1. The topological polar surface area (TPSA) is 20.2 Å². The quantitative estimate of drug-likeness (QED) is 0.144. The van der Waals surface area contributed by atoms with Crippen molar-refractivity contribution in [3.63, 3.8) is 0 Å². The normalized spacial score (nSPS) is 11.4. The Morgan fingerprint density at radius 1 is 0.457 bits per heavy atom. The summed E-state index contributed by atoms with van der Waals surface area (Å²) < 4.78 is 0. The van der Waals surface area contributed by atoms with Gasteiger partial charge in [-0.05, 0) is 73.8 Å². The van der Waals surface area contributed by atoms with Gasteiger partial charge >= 0.3 is 0 Å². The van der Waals surface area contributed by atoms with Crippen LogP contribution in [0.15, 0.2) is 6.07 Å². The first kappa shape index (κ1) is 32.0. The molecule has 1 nitrogen and oxygen atoms in total. The van der Waals surface area contributed by atoms with Gasteiger partial charge in [0.05, 0.1) is 0 Å². The van der Waals surface area contributed by atoms with Gasteiger partial charge < -0.3 is 5.11 Å². The second-order valence-electron chi connectivity index (χ2n) is 11.3. The predicted octanol–water partition coefficient (Wildman–Crippen LogP) is 11.6. The van der Waals surface area contributed by atoms with E-state index >= 15 is 0 Å². The van der Waals surface area contributed by atoms with E-state index in [-0.39, 0.29) is 0 Å². The SMILES string of the molecule is CCCCCCCCCc1cc(O)c(C)c(CCCCCCCCC)c1CCCCCCCCC. The van der Waals surface area contributed by atoms with Crippen LogP contribution < -0.4 is 0 Å². The summed E-state index contributed by atoms with van der Waals surface area (Å²) in [5, 5.41) is 10.8. The minimum Gasteiger partial charge on any atom is -0.508 e. The molecule has 35 heavy (non-hydrogen) atoms. The highest BCUT2D eigenvalue weighted by atomic mass is 16.3. The van der Waals surface area contributed by atoms with Gasteiger partial charge in [0.25, 0.3) is 0 Å². The van der Waals surface area contributed by atoms with E-state index < -0.39 is 0 Å². The number of hydrogen-bond donors (Lipinski definition) is 1. The third kappa shape index (κ3) is 15.0. The number of phenolic OH excluding ortho intramolecular Hbond substituents is 1. The standard InChI is InChI=1S/C34H62O/c1-5-8-11-14-17-20-23-26-31-29-34(35)30(4)32(27-24-21-18-15-12-9-6-2)33(31)28-25-22-19-16-13-10-7-3/h29,35H,5-28H2,1-4H3. The Hall–Kier alpha value is -0.980. The summed E-state index contributed by atoms with van der Waals surface area (Å²) in [4.78, 5) is 0. The molecule has 1 N–H and O–H groups in total. The molecule has 0 saturated carbocycles. The van der Waals surface area contributed by atoms with Gasteiger partial charge in [-0.3, -0.25) is 0 Å². The van der Waals surface area contributed by atoms with Crippen molar-refractivity contribution < 1.29 is 5.11 Å². The summed E-state index contributed by atoms with van der Waals surface area (Å²) >= 11 is 0. The van der Waals surface area contributed by atoms with E-state index in [0.29, 0.717) is 5.75 Å². The van der Waals surface area contributed by atoms with E-state index in [4.69, 9.17) is 0 Å². The number of aryl methyl sites for hydroxylation is 1. The zero-order chi connectivity index (χ0) is 25.6. The summed E-state index contributed by atoms with van der Waals surface area (Å²) in [7, 11) is 0. The molecule has 1 aromatic carbocycles. The lowest BCUT2D eigenvalue weighted by molar-refractivity contribution is 0.467. The smallest absolute Gasteiger partial charge is 0.119 e. The lowest BCUT2D eigenvalue weighted by Crippen LogP contribution is -2.05. The van der Waals surface area contributed by atoms with E-state index in [1.807, 2.05) is 0 Å². The Morgan fingerprint density at radius 2 is 0.800 bits per heavy atom. The van der Waals surface area contributed by atoms with Crippen molar-refractivity contribution in [3.05, 3.63) is 28.3 Å². The summed E-state index contributed by atoms with van der Waals surface area (Å²) in [5.74, 6) is 0.546. The van der Waals surface area contributed by atoms with Gasteiger partial charge in [0, 0.05) is 0 Å². The second kappa shape index (κ2) is 22.2. The van der Waals surface area contributed by atoms with Crippen molar-refractivity contribution in [1.82, 2.24) is 0 Å². The Morgan fingerprint density at radius 3 is 1.23 bits per heavy atom. The monoisotopic (exact) mass is 486 g/mol. The molecule has 0 aliphatic carbocycles. The molecule has 0 radical (unpaired) electrons. The molecule has 0 aliphatic rings. The highest BCUT2D eigenvalue weighted by Gasteiger charge is 2.15. The number of rotatable bonds is 24. The molecular weight excluding hydrogens is 424 g/mol. The molecule has 0 aromatic heterocycles. The maximum atomic E-state index is 10.8. The van der Waals surface area contributed by atoms with Crippen LogP contribution in [0.3, 0.4) is 0 Å². The minimum atomic E-state index is 0.546. The summed E-state index contributed by atoms with van der Waals surface area (Å²) in [6, 6.07) is 2.14. The van der Waals surface area contributed by atoms with E-state index in [0.717, 1.165) is 18.4 Å². The Labute approximate surface area is 220 Å². The third-order valence-corrected chi connectivity index (χ3v) is 8.01. The van der Waals surface area contributed by atoms with Crippen molar-refractivity contribution in [2.75, 3.05) is 0 Å². The first-order chi connectivity index (χ1) is 17.2. The maximum Gasteiger partial charge on any atom is 0.119 e. The number of benzene rings is 1. The number of unbranched alkanes of at least 4 members (excludes halogenated alkanes) is 18. The van der Waals surface area contributed by atoms with Gasteiger partial charge in [-0.1, -0.05) is 136 Å². The highest BCUT2D eigenvalue weighted by molar-refractivity contribution is 5.49. The Balaban J connectivity index is 2.72. The summed E-state index contributed by atoms with van der Waals surface area (Å²) in [6.07, 6.45) is 32.1. The van der Waals surface area contributed by atoms with Crippen LogP contribution in [0.25, 0.3) is 0 Å². The van der Waals surface area contributed by atoms with Crippen LogP contribution in [0.5, 0.6) is 5.75 Å². The summed E-state index contributed by atoms with van der Waals surface area (Å²) in [6.45, 7) is 9.05. The van der Waals surface area contributed by atoms with Crippen molar-refractivity contribution in [2.45, 2.75) is 182 Å². The van der Waals surface area contributed by atoms with Crippen LogP contribution in [0.4, 0.5) is 0 Å². The molecule has 1 heteroatoms. The molecule has 0 unspecified atom stereocenters. The predicted molar refractivity (Wildman–Crippen MR) is 158 cm³/mol. The molecule has 204 valence electrons. The van der Waals surface area contributed by atoms with Gasteiger partial charge in [0.15, 0.2) is 0 Å². The van der Waals surface area contributed by atoms with Gasteiger partial charge in [-0.15, -0.1) is 0 Å². The van der Waals surface area contributed by atoms with E-state index in [1.54, 1.807) is 5.56 Å². The van der Waals surface area contributed by atoms with Crippen LogP contribution in [0.1, 0.15) is 178 Å². The molecule has 0 atom stereocenters. The molecule has 0 spiro atoms. The molecule has 0 heterocycles. The average molecular weight is 487 g/mol. The Bertz CT molecular complexity index is 618. The molecule has 0 amide bonds. The lowest BCUT2D eigenvalue weighted by atomic mass is 9.87. The molecule has 1 aromatic rings. The van der Waals surface area contributed by atoms with Crippen LogP contribution in [0, 0.1) is 6.92 Å². The highest BCUT2D eigenvalue weighted by Crippen LogP contribution is 2.32. The van der Waals surface area contributed by atoms with E-state index in [2.05, 4.69) is 33.8 Å². The molecule has 0 bridgehead atoms. The van der Waals surface area contributed by atoms with Crippen molar-refractivity contribution in [1.29, 1.82) is 0 Å². The lowest BCUT2D eigenvalue weighted by Gasteiger charge is -2.19. The molecular formula is C34H62O. The number of hydrogen-bond acceptors (Lipinski definition) is 1. The zero-order valence-electron chi connectivity index (χ0n) is 24.5. The molecule has 1 rings (SSSR count). The molecule has 0 fully saturated rings. The fourth-order valence-corrected chi connectivity index (χ4v) is 5.60. The first-order valence-corrected chi connectivity index (χ1v) is 16.0. The van der Waals surface area contributed by atoms with Crippen LogP contribution >= 0.6 is 0 Å². The fraction of sp³-hybridized carbons (Fsp3) is 0.824. The summed E-state index contributed by atoms with van der Waals surface area (Å²) in [5.41, 5.74) is 5.75. The van der Waals surface area contributed by atoms with Crippen LogP contribution in [-0.4, -0.2) is 5.11 Å². The second-order valence-corrected chi connectivity index (χ2v) is 11.3. The van der Waals surface area contributed by atoms with Crippen molar-refractivity contribution in [2.24, 2.45) is 0 Å². The number of aromatic hydroxyl groups is 1. The van der Waals surface area contributed by atoms with Crippen LogP contribution in [-0.2, 0) is 19.3 Å². The van der Waals surface area contributed by atoms with Crippen molar-refractivity contribution in [3.8, 4) is 5.75 Å². The van der Waals surface area contributed by atoms with Crippen molar-refractivity contribution >= 4 is 0 Å². The average Bonchev–Trinajstić information content (AvgIpc) is 2.86. The third-order valence-electron chi connectivity index (χ3n) is 8.01. The first-order valence-electron chi connectivity index (χ1n) is 16.0. The van der Waals surface area contributed by atoms with Gasteiger partial charge in [-0.25, -0.2) is 0 Å². The minimum absolute atomic E-state index is 0.546. The van der Waals surface area contributed by atoms with Gasteiger partial charge in [0.1, 0.15) is 5.75 Å². The molecule has 0 aliphatic heterocycles. The fourth-order valence-electron chi connectivity index (χ4n) is 5.60. The van der Waals surface area contributed by atoms with Gasteiger partial charge in [0.2, 0.25) is 0 Å². The largest absolute Gasteiger partial charge is 0.508 e. The van der Waals surface area contributed by atoms with E-state index in [1.165, 1.54) is 152 Å². The van der Waals surface area contributed by atoms with E-state index in [9.17, 15) is 5.11 Å². The Kier molecular flexibility index (Phi) is 20.4. The van der Waals surface area contributed by atoms with Crippen LogP contribution in [0.2, 0.25) is 0 Å².